The number of carboxylic acids is 1. The zero-order valence-corrected chi connectivity index (χ0v) is 13.6. The molecule has 0 aromatic heterocycles. The molecule has 1 amide bonds. The topological polar surface area (TPSA) is 66.8 Å². The van der Waals surface area contributed by atoms with Gasteiger partial charge >= 0.3 is 5.97 Å². The third kappa shape index (κ3) is 3.24. The number of carbonyl (C=O) groups excluding carboxylic acids is 1. The molecule has 0 bridgehead atoms. The van der Waals surface area contributed by atoms with Gasteiger partial charge in [0.05, 0.1) is 5.41 Å². The molecular weight excluding hydrogens is 282 g/mol. The maximum Gasteiger partial charge on any atom is 0.311 e. The summed E-state index contributed by atoms with van der Waals surface area (Å²) in [6.45, 7) is 8.27. The summed E-state index contributed by atoms with van der Waals surface area (Å²) in [5.41, 5.74) is 2.32. The van der Waals surface area contributed by atoms with Crippen molar-refractivity contribution in [3.05, 3.63) is 28.8 Å². The van der Waals surface area contributed by atoms with Crippen molar-refractivity contribution in [2.45, 2.75) is 34.1 Å². The minimum atomic E-state index is -0.853. The predicted molar refractivity (Wildman–Crippen MR) is 83.1 cm³/mol. The first-order valence-corrected chi connectivity index (χ1v) is 7.45. The first-order valence-electron chi connectivity index (χ1n) is 7.45. The molecule has 5 nitrogen and oxygen atoms in total. The van der Waals surface area contributed by atoms with Gasteiger partial charge in [0.15, 0.2) is 6.61 Å². The van der Waals surface area contributed by atoms with Crippen LogP contribution in [0.4, 0.5) is 0 Å². The maximum atomic E-state index is 12.2. The number of carboxylic acid groups (broad SMARTS) is 1. The van der Waals surface area contributed by atoms with Crippen LogP contribution in [0.15, 0.2) is 12.1 Å². The Morgan fingerprint density at radius 3 is 2.36 bits per heavy atom. The summed E-state index contributed by atoms with van der Waals surface area (Å²) >= 11 is 0. The number of rotatable bonds is 4. The van der Waals surface area contributed by atoms with Gasteiger partial charge in [-0.25, -0.2) is 0 Å². The van der Waals surface area contributed by atoms with E-state index in [0.717, 1.165) is 22.4 Å². The van der Waals surface area contributed by atoms with Gasteiger partial charge in [-0.3, -0.25) is 9.59 Å². The third-order valence-electron chi connectivity index (χ3n) is 4.29. The zero-order valence-electron chi connectivity index (χ0n) is 13.6. The minimum absolute atomic E-state index is 0.0551. The van der Waals surface area contributed by atoms with Crippen molar-refractivity contribution in [3.63, 3.8) is 0 Å². The molecule has 0 spiro atoms. The van der Waals surface area contributed by atoms with Crippen molar-refractivity contribution in [2.75, 3.05) is 19.7 Å². The molecule has 1 aliphatic rings. The van der Waals surface area contributed by atoms with Gasteiger partial charge in [-0.15, -0.1) is 0 Å². The Hall–Kier alpha value is -2.04. The normalized spacial score (nSPS) is 21.0. The summed E-state index contributed by atoms with van der Waals surface area (Å²) < 4.78 is 5.69. The van der Waals surface area contributed by atoms with E-state index in [1.165, 1.54) is 0 Å². The van der Waals surface area contributed by atoms with Crippen LogP contribution in [0.1, 0.15) is 30.0 Å². The van der Waals surface area contributed by atoms with Crippen LogP contribution >= 0.6 is 0 Å². The van der Waals surface area contributed by atoms with Gasteiger partial charge in [-0.2, -0.15) is 0 Å². The minimum Gasteiger partial charge on any atom is -0.483 e. The number of likely N-dealkylation sites (tertiary alicyclic amines) is 1. The fourth-order valence-electron chi connectivity index (χ4n) is 2.97. The smallest absolute Gasteiger partial charge is 0.311 e. The van der Waals surface area contributed by atoms with Gasteiger partial charge in [0.25, 0.3) is 5.91 Å². The quantitative estimate of drug-likeness (QED) is 0.927. The van der Waals surface area contributed by atoms with Crippen LogP contribution in [-0.2, 0) is 9.59 Å². The Morgan fingerprint density at radius 2 is 1.86 bits per heavy atom. The molecule has 1 heterocycles. The standard InChI is InChI=1S/C17H23NO4/c1-11-7-12(2)15(13(3)8-11)22-9-14(19)18-6-5-17(4,10-18)16(20)21/h7-8H,5-6,9-10H2,1-4H3,(H,20,21). The van der Waals surface area contributed by atoms with E-state index >= 15 is 0 Å². The van der Waals surface area contributed by atoms with E-state index in [9.17, 15) is 14.7 Å². The SMILES string of the molecule is Cc1cc(C)c(OCC(=O)N2CCC(C)(C(=O)O)C2)c(C)c1. The molecule has 0 aliphatic carbocycles. The highest BCUT2D eigenvalue weighted by Crippen LogP contribution is 2.30. The van der Waals surface area contributed by atoms with E-state index in [4.69, 9.17) is 4.74 Å². The number of aliphatic carboxylic acids is 1. The number of hydrogen-bond acceptors (Lipinski definition) is 3. The molecule has 0 radical (unpaired) electrons. The average molecular weight is 305 g/mol. The third-order valence-corrected chi connectivity index (χ3v) is 4.29. The number of hydrogen-bond donors (Lipinski definition) is 1. The van der Waals surface area contributed by atoms with Gasteiger partial charge in [-0.05, 0) is 45.2 Å². The summed E-state index contributed by atoms with van der Waals surface area (Å²) in [5, 5.41) is 9.21. The first kappa shape index (κ1) is 16.3. The van der Waals surface area contributed by atoms with Crippen LogP contribution in [-0.4, -0.2) is 41.6 Å². The molecule has 22 heavy (non-hydrogen) atoms. The van der Waals surface area contributed by atoms with Crippen LogP contribution in [0, 0.1) is 26.2 Å². The second-order valence-corrected chi connectivity index (χ2v) is 6.45. The summed E-state index contributed by atoms with van der Waals surface area (Å²) in [4.78, 5) is 25.0. The fraction of sp³-hybridized carbons (Fsp3) is 0.529. The van der Waals surface area contributed by atoms with Crippen LogP contribution in [0.3, 0.4) is 0 Å². The second kappa shape index (κ2) is 5.99. The number of benzene rings is 1. The van der Waals surface area contributed by atoms with E-state index in [0.29, 0.717) is 13.0 Å². The van der Waals surface area contributed by atoms with E-state index < -0.39 is 11.4 Å². The molecule has 1 N–H and O–H groups in total. The van der Waals surface area contributed by atoms with Crippen molar-refractivity contribution < 1.29 is 19.4 Å². The lowest BCUT2D eigenvalue weighted by atomic mass is 9.90. The lowest BCUT2D eigenvalue weighted by Crippen LogP contribution is -2.37. The van der Waals surface area contributed by atoms with Crippen molar-refractivity contribution in [1.29, 1.82) is 0 Å². The van der Waals surface area contributed by atoms with E-state index in [1.54, 1.807) is 11.8 Å². The van der Waals surface area contributed by atoms with Crippen molar-refractivity contribution >= 4 is 11.9 Å². The maximum absolute atomic E-state index is 12.2. The van der Waals surface area contributed by atoms with Crippen LogP contribution in [0.5, 0.6) is 5.75 Å². The summed E-state index contributed by atoms with van der Waals surface area (Å²) in [7, 11) is 0. The number of carbonyl (C=O) groups is 2. The van der Waals surface area contributed by atoms with Crippen LogP contribution < -0.4 is 4.74 Å². The Balaban J connectivity index is 1.99. The molecule has 1 aromatic rings. The number of nitrogens with zero attached hydrogens (tertiary/aromatic N) is 1. The Morgan fingerprint density at radius 1 is 1.27 bits per heavy atom. The van der Waals surface area contributed by atoms with Crippen molar-refractivity contribution in [3.8, 4) is 5.75 Å². The van der Waals surface area contributed by atoms with E-state index in [1.807, 2.05) is 32.9 Å². The molecular formula is C17H23NO4. The second-order valence-electron chi connectivity index (χ2n) is 6.45. The highest BCUT2D eigenvalue weighted by atomic mass is 16.5. The van der Waals surface area contributed by atoms with Gasteiger partial charge in [-0.1, -0.05) is 17.7 Å². The monoisotopic (exact) mass is 305 g/mol. The molecule has 1 saturated heterocycles. The lowest BCUT2D eigenvalue weighted by molar-refractivity contribution is -0.147. The van der Waals surface area contributed by atoms with Crippen molar-refractivity contribution in [1.82, 2.24) is 4.90 Å². The molecule has 120 valence electrons. The van der Waals surface area contributed by atoms with Gasteiger partial charge in [0.2, 0.25) is 0 Å². The van der Waals surface area contributed by atoms with Gasteiger partial charge < -0.3 is 14.7 Å². The van der Waals surface area contributed by atoms with Gasteiger partial charge in [0, 0.05) is 13.1 Å². The van der Waals surface area contributed by atoms with Gasteiger partial charge in [0.1, 0.15) is 5.75 Å². The molecule has 5 heteroatoms. The molecule has 1 aromatic carbocycles. The van der Waals surface area contributed by atoms with Crippen molar-refractivity contribution in [2.24, 2.45) is 5.41 Å². The molecule has 1 fully saturated rings. The Labute approximate surface area is 130 Å². The summed E-state index contributed by atoms with van der Waals surface area (Å²) in [6.07, 6.45) is 0.483. The van der Waals surface area contributed by atoms with E-state index in [2.05, 4.69) is 0 Å². The predicted octanol–water partition coefficient (Wildman–Crippen LogP) is 2.31. The molecule has 1 aliphatic heterocycles. The number of aryl methyl sites for hydroxylation is 3. The number of amides is 1. The molecule has 1 atom stereocenters. The largest absolute Gasteiger partial charge is 0.483 e. The summed E-state index contributed by atoms with van der Waals surface area (Å²) in [5.74, 6) is -0.280. The zero-order chi connectivity index (χ0) is 16.5. The van der Waals surface area contributed by atoms with E-state index in [-0.39, 0.29) is 19.1 Å². The summed E-state index contributed by atoms with van der Waals surface area (Å²) in [6, 6.07) is 4.04. The first-order chi connectivity index (χ1) is 10.2. The average Bonchev–Trinajstić information content (AvgIpc) is 2.81. The molecule has 1 unspecified atom stereocenters. The highest BCUT2D eigenvalue weighted by Gasteiger charge is 2.42. The molecule has 2 rings (SSSR count). The highest BCUT2D eigenvalue weighted by molar-refractivity contribution is 5.81. The van der Waals surface area contributed by atoms with Crippen LogP contribution in [0.25, 0.3) is 0 Å². The Bertz CT molecular complexity index is 588. The van der Waals surface area contributed by atoms with Crippen LogP contribution in [0.2, 0.25) is 0 Å². The lowest BCUT2D eigenvalue weighted by Gasteiger charge is -2.21. The number of ether oxygens (including phenoxy) is 1. The Kier molecular flexibility index (Phi) is 4.44. The fourth-order valence-corrected chi connectivity index (χ4v) is 2.97. The molecule has 0 saturated carbocycles.